The number of nitriles is 1. The highest BCUT2D eigenvalue weighted by Gasteiger charge is 2.06. The normalized spacial score (nSPS) is 9.50. The summed E-state index contributed by atoms with van der Waals surface area (Å²) in [5.74, 6) is -0.142. The van der Waals surface area contributed by atoms with Gasteiger partial charge in [0.25, 0.3) is 0 Å². The van der Waals surface area contributed by atoms with E-state index >= 15 is 0 Å². The van der Waals surface area contributed by atoms with Crippen molar-refractivity contribution in [1.29, 1.82) is 5.26 Å². The molecule has 72 valence electrons. The molecule has 1 rings (SSSR count). The molecule has 0 aliphatic heterocycles. The van der Waals surface area contributed by atoms with Crippen LogP contribution in [0.4, 0.5) is 0 Å². The standard InChI is InChI=1S/C10H7Cl2NO/c11-8-2-1-7(10(12)6-8)5-9(14)3-4-13/h1-2,6H,3,5H2. The molecule has 0 heterocycles. The Morgan fingerprint density at radius 2 is 2.14 bits per heavy atom. The molecule has 0 radical (unpaired) electrons. The summed E-state index contributed by atoms with van der Waals surface area (Å²) in [6.45, 7) is 0. The zero-order chi connectivity index (χ0) is 10.6. The van der Waals surface area contributed by atoms with Gasteiger partial charge in [0.15, 0.2) is 5.78 Å². The lowest BCUT2D eigenvalue weighted by atomic mass is 10.1. The second-order valence-electron chi connectivity index (χ2n) is 2.79. The first-order valence-corrected chi connectivity index (χ1v) is 4.71. The Kier molecular flexibility index (Phi) is 3.94. The van der Waals surface area contributed by atoms with Crippen molar-refractivity contribution in [2.75, 3.05) is 0 Å². The van der Waals surface area contributed by atoms with Crippen LogP contribution < -0.4 is 0 Å². The molecule has 0 aliphatic carbocycles. The second-order valence-corrected chi connectivity index (χ2v) is 3.63. The van der Waals surface area contributed by atoms with Gasteiger partial charge in [0, 0.05) is 16.5 Å². The van der Waals surface area contributed by atoms with Crippen molar-refractivity contribution in [2.45, 2.75) is 12.8 Å². The number of Topliss-reactive ketones (excluding diaryl/α,β-unsaturated/α-hetero) is 1. The van der Waals surface area contributed by atoms with Gasteiger partial charge in [-0.15, -0.1) is 0 Å². The van der Waals surface area contributed by atoms with E-state index in [4.69, 9.17) is 28.5 Å². The maximum Gasteiger partial charge on any atom is 0.151 e. The SMILES string of the molecule is N#CCC(=O)Cc1ccc(Cl)cc1Cl. The molecule has 0 unspecified atom stereocenters. The molecule has 0 saturated carbocycles. The fourth-order valence-corrected chi connectivity index (χ4v) is 1.50. The Morgan fingerprint density at radius 1 is 1.43 bits per heavy atom. The molecular formula is C10H7Cl2NO. The summed E-state index contributed by atoms with van der Waals surface area (Å²) in [7, 11) is 0. The van der Waals surface area contributed by atoms with Crippen molar-refractivity contribution in [2.24, 2.45) is 0 Å². The molecule has 0 amide bonds. The number of carbonyl (C=O) groups is 1. The summed E-state index contributed by atoms with van der Waals surface area (Å²) in [5.41, 5.74) is 0.705. The van der Waals surface area contributed by atoms with Crippen molar-refractivity contribution in [1.82, 2.24) is 0 Å². The first kappa shape index (κ1) is 11.0. The lowest BCUT2D eigenvalue weighted by Gasteiger charge is -2.01. The van der Waals surface area contributed by atoms with Crippen LogP contribution >= 0.6 is 23.2 Å². The number of ketones is 1. The van der Waals surface area contributed by atoms with Crippen LogP contribution in [0.1, 0.15) is 12.0 Å². The van der Waals surface area contributed by atoms with Crippen LogP contribution in [-0.4, -0.2) is 5.78 Å². The number of hydrogen-bond acceptors (Lipinski definition) is 2. The van der Waals surface area contributed by atoms with Gasteiger partial charge in [-0.05, 0) is 17.7 Å². The van der Waals surface area contributed by atoms with Crippen LogP contribution in [0.25, 0.3) is 0 Å². The Labute approximate surface area is 92.1 Å². The molecule has 0 aromatic heterocycles. The van der Waals surface area contributed by atoms with Crippen molar-refractivity contribution in [3.8, 4) is 6.07 Å². The van der Waals surface area contributed by atoms with Crippen molar-refractivity contribution >= 4 is 29.0 Å². The Hall–Kier alpha value is -1.04. The molecule has 1 aromatic carbocycles. The van der Waals surface area contributed by atoms with Gasteiger partial charge in [-0.1, -0.05) is 29.3 Å². The van der Waals surface area contributed by atoms with Gasteiger partial charge in [-0.2, -0.15) is 5.26 Å². The Balaban J connectivity index is 2.78. The fraction of sp³-hybridized carbons (Fsp3) is 0.200. The lowest BCUT2D eigenvalue weighted by molar-refractivity contribution is -0.117. The van der Waals surface area contributed by atoms with Crippen LogP contribution in [0, 0.1) is 11.3 Å². The number of nitrogens with zero attached hydrogens (tertiary/aromatic N) is 1. The number of hydrogen-bond donors (Lipinski definition) is 0. The average Bonchev–Trinajstić information content (AvgIpc) is 2.10. The van der Waals surface area contributed by atoms with Crippen LogP contribution in [-0.2, 0) is 11.2 Å². The fourth-order valence-electron chi connectivity index (χ4n) is 1.03. The summed E-state index contributed by atoms with van der Waals surface area (Å²) >= 11 is 11.5. The smallest absolute Gasteiger partial charge is 0.151 e. The van der Waals surface area contributed by atoms with E-state index in [1.807, 2.05) is 0 Å². The molecular weight excluding hydrogens is 221 g/mol. The third kappa shape index (κ3) is 3.02. The molecule has 0 N–H and O–H groups in total. The van der Waals surface area contributed by atoms with E-state index in [9.17, 15) is 4.79 Å². The molecule has 0 atom stereocenters. The van der Waals surface area contributed by atoms with Gasteiger partial charge in [-0.3, -0.25) is 4.79 Å². The van der Waals surface area contributed by atoms with Crippen molar-refractivity contribution in [3.05, 3.63) is 33.8 Å². The zero-order valence-corrected chi connectivity index (χ0v) is 8.77. The molecule has 4 heteroatoms. The lowest BCUT2D eigenvalue weighted by Crippen LogP contribution is -2.01. The van der Waals surface area contributed by atoms with Gasteiger partial charge in [0.1, 0.15) is 0 Å². The average molecular weight is 228 g/mol. The van der Waals surface area contributed by atoms with E-state index in [0.29, 0.717) is 15.6 Å². The highest BCUT2D eigenvalue weighted by Crippen LogP contribution is 2.21. The number of halogens is 2. The van der Waals surface area contributed by atoms with E-state index in [-0.39, 0.29) is 18.6 Å². The zero-order valence-electron chi connectivity index (χ0n) is 7.26. The molecule has 1 aromatic rings. The Morgan fingerprint density at radius 3 is 2.71 bits per heavy atom. The van der Waals surface area contributed by atoms with Gasteiger partial charge in [-0.25, -0.2) is 0 Å². The minimum atomic E-state index is -0.142. The van der Waals surface area contributed by atoms with E-state index in [1.165, 1.54) is 0 Å². The predicted molar refractivity (Wildman–Crippen MR) is 55.4 cm³/mol. The third-order valence-corrected chi connectivity index (χ3v) is 2.27. The topological polar surface area (TPSA) is 40.9 Å². The van der Waals surface area contributed by atoms with Gasteiger partial charge in [0.2, 0.25) is 0 Å². The van der Waals surface area contributed by atoms with E-state index in [0.717, 1.165) is 0 Å². The van der Waals surface area contributed by atoms with E-state index in [1.54, 1.807) is 24.3 Å². The van der Waals surface area contributed by atoms with Gasteiger partial charge >= 0.3 is 0 Å². The van der Waals surface area contributed by atoms with Gasteiger partial charge < -0.3 is 0 Å². The molecule has 0 spiro atoms. The minimum absolute atomic E-state index is 0.0844. The summed E-state index contributed by atoms with van der Waals surface area (Å²) in [5, 5.41) is 9.30. The molecule has 0 aliphatic rings. The first-order chi connectivity index (χ1) is 6.63. The van der Waals surface area contributed by atoms with Crippen molar-refractivity contribution in [3.63, 3.8) is 0 Å². The maximum atomic E-state index is 11.1. The second kappa shape index (κ2) is 4.99. The molecule has 2 nitrogen and oxygen atoms in total. The highest BCUT2D eigenvalue weighted by atomic mass is 35.5. The molecule has 0 fully saturated rings. The van der Waals surface area contributed by atoms with Crippen molar-refractivity contribution < 1.29 is 4.79 Å². The summed E-state index contributed by atoms with van der Waals surface area (Å²) in [6, 6.07) is 6.74. The van der Waals surface area contributed by atoms with Crippen LogP contribution in [0.3, 0.4) is 0 Å². The van der Waals surface area contributed by atoms with E-state index < -0.39 is 0 Å². The number of benzene rings is 1. The summed E-state index contributed by atoms with van der Waals surface area (Å²) in [4.78, 5) is 11.1. The maximum absolute atomic E-state index is 11.1. The highest BCUT2D eigenvalue weighted by molar-refractivity contribution is 6.35. The largest absolute Gasteiger partial charge is 0.298 e. The first-order valence-electron chi connectivity index (χ1n) is 3.96. The summed E-state index contributed by atoms with van der Waals surface area (Å²) < 4.78 is 0. The van der Waals surface area contributed by atoms with Crippen LogP contribution in [0.2, 0.25) is 10.0 Å². The summed E-state index contributed by atoms with van der Waals surface area (Å²) in [6.07, 6.45) is 0.0997. The van der Waals surface area contributed by atoms with Crippen LogP contribution in [0.15, 0.2) is 18.2 Å². The third-order valence-electron chi connectivity index (χ3n) is 1.68. The monoisotopic (exact) mass is 227 g/mol. The quantitative estimate of drug-likeness (QED) is 0.797. The van der Waals surface area contributed by atoms with Gasteiger partial charge in [0.05, 0.1) is 12.5 Å². The minimum Gasteiger partial charge on any atom is -0.298 e. The number of rotatable bonds is 3. The molecule has 0 bridgehead atoms. The van der Waals surface area contributed by atoms with Crippen LogP contribution in [0.5, 0.6) is 0 Å². The Bertz CT molecular complexity index is 396. The number of carbonyl (C=O) groups excluding carboxylic acids is 1. The molecule has 14 heavy (non-hydrogen) atoms. The molecule has 0 saturated heterocycles. The van der Waals surface area contributed by atoms with E-state index in [2.05, 4.69) is 0 Å². The predicted octanol–water partition coefficient (Wildman–Crippen LogP) is 3.02.